The molecule has 18 rings (SSSR count). The standard InChI is InChI=1S/C81H59BN2O5/c1-7-20-64-53(8-2)73-67(85-64)37-38-68-74(73)56-34-31-47(42-69(56)87-68)49-41-63-78-72(44-49)88-70-43-48(57-46-71-75(54-25-15-17-29-65(54)86-71)76-55-26-16-18-30-66(55)89-79(57)76)32-35-60(70)82(78)59-36-33-52(83(50-21-11-9-12-22-50)51-23-13-10-14-24-51)45-62(59)84(63)61-28-19-27-58-77(61)81(5,6)40-39-80(58,3)4/h7-38,41-46H,2,39-40H2,1,3-6H3/b20-7-. The Morgan fingerprint density at radius 2 is 1.12 bits per heavy atom. The van der Waals surface area contributed by atoms with E-state index in [-0.39, 0.29) is 17.5 Å². The monoisotopic (exact) mass is 1150 g/mol. The molecule has 0 fully saturated rings. The smallest absolute Gasteiger partial charge is 0.256 e. The van der Waals surface area contributed by atoms with E-state index in [9.17, 15) is 0 Å². The lowest BCUT2D eigenvalue weighted by molar-refractivity contribution is 0.332. The van der Waals surface area contributed by atoms with Crippen LogP contribution < -0.4 is 30.9 Å². The van der Waals surface area contributed by atoms with Crippen molar-refractivity contribution in [3.63, 3.8) is 0 Å². The summed E-state index contributed by atoms with van der Waals surface area (Å²) in [6.45, 7) is 15.7. The first-order valence-electron chi connectivity index (χ1n) is 30.9. The second kappa shape index (κ2) is 18.9. The lowest BCUT2D eigenvalue weighted by atomic mass is 9.34. The van der Waals surface area contributed by atoms with E-state index in [1.807, 2.05) is 55.5 Å². The summed E-state index contributed by atoms with van der Waals surface area (Å²) in [7, 11) is 0. The maximum atomic E-state index is 7.61. The predicted octanol–water partition coefficient (Wildman–Crippen LogP) is 21.4. The quantitative estimate of drug-likeness (QED) is 0.140. The molecule has 1 aliphatic carbocycles. The molecule has 0 atom stereocenters. The fourth-order valence-corrected chi connectivity index (χ4v) is 15.4. The van der Waals surface area contributed by atoms with Gasteiger partial charge in [-0.05, 0) is 184 Å². The Balaban J connectivity index is 0.906. The Kier molecular flexibility index (Phi) is 10.9. The molecule has 2 aliphatic heterocycles. The Bertz CT molecular complexity index is 5500. The topological polar surface area (TPSA) is 68.3 Å². The molecule has 0 unspecified atom stereocenters. The minimum atomic E-state index is -0.219. The third kappa shape index (κ3) is 7.53. The molecule has 0 bridgehead atoms. The highest BCUT2D eigenvalue weighted by molar-refractivity contribution is 6.99. The molecular formula is C81H59BN2O5. The average Bonchev–Trinajstić information content (AvgIpc) is 1.65. The third-order valence-corrected chi connectivity index (χ3v) is 19.6. The molecule has 15 aromatic rings. The maximum Gasteiger partial charge on any atom is 0.256 e. The summed E-state index contributed by atoms with van der Waals surface area (Å²) < 4.78 is 34.6. The van der Waals surface area contributed by atoms with Gasteiger partial charge in [-0.3, -0.25) is 0 Å². The lowest BCUT2D eigenvalue weighted by Gasteiger charge is -2.47. The van der Waals surface area contributed by atoms with Gasteiger partial charge < -0.3 is 32.2 Å². The molecule has 0 amide bonds. The molecule has 0 saturated heterocycles. The van der Waals surface area contributed by atoms with Gasteiger partial charge in [0.2, 0.25) is 0 Å². The van der Waals surface area contributed by atoms with Gasteiger partial charge in [0, 0.05) is 77.3 Å². The summed E-state index contributed by atoms with van der Waals surface area (Å²) in [6, 6.07) is 76.5. The van der Waals surface area contributed by atoms with Gasteiger partial charge in [-0.1, -0.05) is 156 Å². The Morgan fingerprint density at radius 1 is 0.472 bits per heavy atom. The third-order valence-electron chi connectivity index (χ3n) is 19.6. The zero-order valence-electron chi connectivity index (χ0n) is 50.1. The van der Waals surface area contributed by atoms with Crippen LogP contribution in [0.2, 0.25) is 0 Å². The van der Waals surface area contributed by atoms with E-state index in [0.717, 1.165) is 174 Å². The SMILES string of the molecule is C=Cc1c(/C=C\C)oc2ccc3oc4cc(-c5cc6c7c(c5)N(c5cccc8c5C(C)(C)CCC8(C)C)c5cc(N(c8ccccc8)c8ccccc8)ccc5B7c5ccc(-c7cc8oc9ccccc9c8c8c7oc7ccccc78)cc5O6)ccc4c3c12. The highest BCUT2D eigenvalue weighted by Gasteiger charge is 2.46. The fraction of sp³-hybridized carbons (Fsp3) is 0.111. The first-order chi connectivity index (χ1) is 43.5. The minimum Gasteiger partial charge on any atom is -0.458 e. The number of benzene rings is 11. The van der Waals surface area contributed by atoms with Crippen molar-refractivity contribution in [3.8, 4) is 33.8 Å². The van der Waals surface area contributed by atoms with Crippen LogP contribution in [0.3, 0.4) is 0 Å². The minimum absolute atomic E-state index is 0.0457. The van der Waals surface area contributed by atoms with Gasteiger partial charge in [-0.15, -0.1) is 0 Å². The number of nitrogens with zero attached hydrogens (tertiary/aromatic N) is 2. The Morgan fingerprint density at radius 3 is 1.89 bits per heavy atom. The number of hydrogen-bond acceptors (Lipinski definition) is 7. The molecule has 8 heteroatoms. The molecular weight excluding hydrogens is 1090 g/mol. The number of rotatable bonds is 8. The van der Waals surface area contributed by atoms with Crippen molar-refractivity contribution in [2.24, 2.45) is 0 Å². The average molecular weight is 1150 g/mol. The molecule has 3 aliphatic rings. The molecule has 0 saturated carbocycles. The van der Waals surface area contributed by atoms with Crippen LogP contribution in [0.5, 0.6) is 11.5 Å². The van der Waals surface area contributed by atoms with Crippen LogP contribution in [0.1, 0.15) is 69.9 Å². The molecule has 6 heterocycles. The van der Waals surface area contributed by atoms with Crippen molar-refractivity contribution >= 4 is 146 Å². The van der Waals surface area contributed by atoms with Crippen molar-refractivity contribution in [1.29, 1.82) is 0 Å². The van der Waals surface area contributed by atoms with Crippen molar-refractivity contribution in [1.82, 2.24) is 0 Å². The first kappa shape index (κ1) is 51.5. The zero-order valence-corrected chi connectivity index (χ0v) is 50.1. The molecule has 0 N–H and O–H groups in total. The Hall–Kier alpha value is -10.7. The van der Waals surface area contributed by atoms with Crippen LogP contribution in [0.15, 0.2) is 243 Å². The summed E-state index contributed by atoms with van der Waals surface area (Å²) in [4.78, 5) is 4.97. The second-order valence-electron chi connectivity index (χ2n) is 25.7. The lowest BCUT2D eigenvalue weighted by Crippen LogP contribution is -2.59. The van der Waals surface area contributed by atoms with Gasteiger partial charge in [0.15, 0.2) is 0 Å². The number of hydrogen-bond donors (Lipinski definition) is 0. The molecule has 0 spiro atoms. The normalized spacial score (nSPS) is 14.7. The number of allylic oxidation sites excluding steroid dienone is 1. The molecule has 89 heavy (non-hydrogen) atoms. The van der Waals surface area contributed by atoms with Gasteiger partial charge in [-0.25, -0.2) is 0 Å². The fourth-order valence-electron chi connectivity index (χ4n) is 15.4. The Labute approximate surface area is 515 Å². The van der Waals surface area contributed by atoms with Gasteiger partial charge >= 0.3 is 0 Å². The van der Waals surface area contributed by atoms with Gasteiger partial charge in [-0.2, -0.15) is 0 Å². The van der Waals surface area contributed by atoms with Crippen molar-refractivity contribution in [2.75, 3.05) is 9.80 Å². The van der Waals surface area contributed by atoms with Crippen molar-refractivity contribution < 1.29 is 22.4 Å². The summed E-state index contributed by atoms with van der Waals surface area (Å²) in [5.74, 6) is 2.35. The summed E-state index contributed by atoms with van der Waals surface area (Å²) in [6.07, 6.45) is 8.03. The van der Waals surface area contributed by atoms with E-state index in [1.54, 1.807) is 0 Å². The molecule has 4 aromatic heterocycles. The number of fused-ring (bicyclic) bond motifs is 17. The van der Waals surface area contributed by atoms with Crippen molar-refractivity contribution in [2.45, 2.75) is 58.3 Å². The van der Waals surface area contributed by atoms with Gasteiger partial charge in [0.05, 0.1) is 5.69 Å². The highest BCUT2D eigenvalue weighted by Crippen LogP contribution is 2.55. The van der Waals surface area contributed by atoms with Crippen molar-refractivity contribution in [3.05, 3.63) is 247 Å². The zero-order chi connectivity index (χ0) is 59.6. The summed E-state index contributed by atoms with van der Waals surface area (Å²) in [5, 5.41) is 7.21. The number of ether oxygens (including phenoxy) is 1. The summed E-state index contributed by atoms with van der Waals surface area (Å²) >= 11 is 0. The van der Waals surface area contributed by atoms with Gasteiger partial charge in [0.25, 0.3) is 6.71 Å². The van der Waals surface area contributed by atoms with E-state index in [0.29, 0.717) is 0 Å². The first-order valence-corrected chi connectivity index (χ1v) is 30.9. The highest BCUT2D eigenvalue weighted by atomic mass is 16.5. The van der Waals surface area contributed by atoms with E-state index < -0.39 is 0 Å². The van der Waals surface area contributed by atoms with Crippen LogP contribution in [0, 0.1) is 0 Å². The number of furan rings is 4. The van der Waals surface area contributed by atoms with E-state index in [4.69, 9.17) is 22.4 Å². The van der Waals surface area contributed by atoms with Crippen LogP contribution in [-0.4, -0.2) is 6.71 Å². The van der Waals surface area contributed by atoms with Gasteiger partial charge in [0.1, 0.15) is 56.3 Å². The predicted molar refractivity (Wildman–Crippen MR) is 370 cm³/mol. The summed E-state index contributed by atoms with van der Waals surface area (Å²) in [5.41, 5.74) is 23.0. The maximum absolute atomic E-state index is 7.61. The van der Waals surface area contributed by atoms with Crippen LogP contribution in [0.4, 0.5) is 34.1 Å². The van der Waals surface area contributed by atoms with Crippen LogP contribution in [-0.2, 0) is 10.8 Å². The van der Waals surface area contributed by atoms with Crippen LogP contribution in [0.25, 0.3) is 111 Å². The van der Waals surface area contributed by atoms with E-state index >= 15 is 0 Å². The molecule has 0 radical (unpaired) electrons. The van der Waals surface area contributed by atoms with E-state index in [1.165, 1.54) is 22.3 Å². The second-order valence-corrected chi connectivity index (χ2v) is 25.7. The number of para-hydroxylation sites is 4. The van der Waals surface area contributed by atoms with E-state index in [2.05, 4.69) is 226 Å². The van der Waals surface area contributed by atoms with Crippen LogP contribution >= 0.6 is 0 Å². The largest absolute Gasteiger partial charge is 0.458 e. The number of anilines is 6. The molecule has 7 nitrogen and oxygen atoms in total. The molecule has 11 aromatic carbocycles. The molecule has 426 valence electrons.